The standard InChI is InChI=1S/C17H21BrN2O/c18-14-2-1-13(6-15(14)19)20-16(21)17-7-10-3-11(8-17)5-12(4-10)9-17/h1-2,6,10-12H,3-5,7-9,19H2,(H,20,21). The van der Waals surface area contributed by atoms with Crippen LogP contribution in [0, 0.1) is 23.2 Å². The highest BCUT2D eigenvalue weighted by atomic mass is 79.9. The Balaban J connectivity index is 1.56. The van der Waals surface area contributed by atoms with E-state index in [0.29, 0.717) is 5.69 Å². The summed E-state index contributed by atoms with van der Waals surface area (Å²) < 4.78 is 0.871. The first-order valence-corrected chi connectivity index (χ1v) is 8.70. The van der Waals surface area contributed by atoms with Crippen molar-refractivity contribution in [2.24, 2.45) is 23.2 Å². The van der Waals surface area contributed by atoms with Crippen molar-refractivity contribution in [3.8, 4) is 0 Å². The summed E-state index contributed by atoms with van der Waals surface area (Å²) in [6.45, 7) is 0. The van der Waals surface area contributed by atoms with Crippen molar-refractivity contribution in [3.63, 3.8) is 0 Å². The zero-order valence-corrected chi connectivity index (χ0v) is 13.7. The number of nitrogen functional groups attached to an aromatic ring is 1. The summed E-state index contributed by atoms with van der Waals surface area (Å²) in [4.78, 5) is 12.9. The first-order valence-electron chi connectivity index (χ1n) is 7.90. The third-order valence-corrected chi connectivity index (χ3v) is 6.50. The predicted octanol–water partition coefficient (Wildman–Crippen LogP) is 4.19. The first kappa shape index (κ1) is 13.6. The summed E-state index contributed by atoms with van der Waals surface area (Å²) in [5, 5.41) is 3.13. The molecule has 4 bridgehead atoms. The highest BCUT2D eigenvalue weighted by molar-refractivity contribution is 9.10. The Hall–Kier alpha value is -1.03. The van der Waals surface area contributed by atoms with Gasteiger partial charge in [-0.2, -0.15) is 0 Å². The van der Waals surface area contributed by atoms with Gasteiger partial charge in [-0.1, -0.05) is 0 Å². The molecule has 4 heteroatoms. The lowest BCUT2D eigenvalue weighted by atomic mass is 9.49. The number of nitrogens with two attached hydrogens (primary N) is 1. The van der Waals surface area contributed by atoms with Crippen molar-refractivity contribution in [3.05, 3.63) is 22.7 Å². The number of hydrogen-bond acceptors (Lipinski definition) is 2. The normalized spacial score (nSPS) is 36.7. The quantitative estimate of drug-likeness (QED) is 0.787. The Morgan fingerprint density at radius 2 is 1.71 bits per heavy atom. The van der Waals surface area contributed by atoms with Gasteiger partial charge in [-0.25, -0.2) is 0 Å². The summed E-state index contributed by atoms with van der Waals surface area (Å²) >= 11 is 3.39. The number of halogens is 1. The fourth-order valence-electron chi connectivity index (χ4n) is 5.27. The molecular formula is C17H21BrN2O. The second kappa shape index (κ2) is 4.73. The van der Waals surface area contributed by atoms with Crippen molar-refractivity contribution in [1.29, 1.82) is 0 Å². The lowest BCUT2D eigenvalue weighted by Crippen LogP contribution is -2.51. The molecule has 0 atom stereocenters. The van der Waals surface area contributed by atoms with Crippen molar-refractivity contribution in [2.45, 2.75) is 38.5 Å². The molecule has 21 heavy (non-hydrogen) atoms. The van der Waals surface area contributed by atoms with Crippen molar-refractivity contribution < 1.29 is 4.79 Å². The maximum absolute atomic E-state index is 12.9. The molecule has 0 aliphatic heterocycles. The summed E-state index contributed by atoms with van der Waals surface area (Å²) in [6.07, 6.45) is 7.36. The third-order valence-electron chi connectivity index (χ3n) is 5.77. The number of benzene rings is 1. The number of nitrogens with one attached hydrogen (secondary N) is 1. The molecule has 5 rings (SSSR count). The summed E-state index contributed by atoms with van der Waals surface area (Å²) in [5.74, 6) is 2.59. The van der Waals surface area contributed by atoms with E-state index in [1.54, 1.807) is 0 Å². The van der Waals surface area contributed by atoms with Gasteiger partial charge < -0.3 is 11.1 Å². The van der Waals surface area contributed by atoms with Crippen molar-refractivity contribution >= 4 is 33.2 Å². The number of hydrogen-bond donors (Lipinski definition) is 2. The van der Waals surface area contributed by atoms with Gasteiger partial charge in [0.2, 0.25) is 5.91 Å². The maximum Gasteiger partial charge on any atom is 0.230 e. The monoisotopic (exact) mass is 348 g/mol. The molecule has 0 aromatic heterocycles. The topological polar surface area (TPSA) is 55.1 Å². The zero-order chi connectivity index (χ0) is 14.6. The molecule has 4 saturated carbocycles. The van der Waals surface area contributed by atoms with E-state index >= 15 is 0 Å². The van der Waals surface area contributed by atoms with Crippen LogP contribution in [0.3, 0.4) is 0 Å². The van der Waals surface area contributed by atoms with E-state index in [1.807, 2.05) is 18.2 Å². The smallest absolute Gasteiger partial charge is 0.230 e. The van der Waals surface area contributed by atoms with Crippen LogP contribution in [0.2, 0.25) is 0 Å². The Morgan fingerprint density at radius 1 is 1.14 bits per heavy atom. The van der Waals surface area contributed by atoms with Crippen LogP contribution in [0.4, 0.5) is 11.4 Å². The molecule has 112 valence electrons. The van der Waals surface area contributed by atoms with E-state index in [9.17, 15) is 4.79 Å². The van der Waals surface area contributed by atoms with Gasteiger partial charge in [0, 0.05) is 15.8 Å². The molecular weight excluding hydrogens is 328 g/mol. The van der Waals surface area contributed by atoms with Crippen molar-refractivity contribution in [1.82, 2.24) is 0 Å². The minimum absolute atomic E-state index is 0.101. The van der Waals surface area contributed by atoms with E-state index in [1.165, 1.54) is 19.3 Å². The van der Waals surface area contributed by atoms with Gasteiger partial charge >= 0.3 is 0 Å². The van der Waals surface area contributed by atoms with Gasteiger partial charge in [0.1, 0.15) is 0 Å². The summed E-state index contributed by atoms with van der Waals surface area (Å²) in [5.41, 5.74) is 7.29. The molecule has 0 saturated heterocycles. The van der Waals surface area contributed by atoms with Crippen LogP contribution in [0.15, 0.2) is 22.7 Å². The van der Waals surface area contributed by atoms with E-state index < -0.39 is 0 Å². The molecule has 3 N–H and O–H groups in total. The number of carbonyl (C=O) groups is 1. The average Bonchev–Trinajstić information content (AvgIpc) is 2.41. The summed E-state index contributed by atoms with van der Waals surface area (Å²) in [7, 11) is 0. The minimum Gasteiger partial charge on any atom is -0.398 e. The second-order valence-electron chi connectivity index (χ2n) is 7.39. The molecule has 1 amide bonds. The van der Waals surface area contributed by atoms with Gasteiger partial charge in [0.05, 0.1) is 5.41 Å². The molecule has 0 unspecified atom stereocenters. The lowest BCUT2D eigenvalue weighted by molar-refractivity contribution is -0.140. The van der Waals surface area contributed by atoms with E-state index in [0.717, 1.165) is 47.2 Å². The number of rotatable bonds is 2. The van der Waals surface area contributed by atoms with Gasteiger partial charge in [-0.05, 0) is 90.4 Å². The molecule has 1 aromatic carbocycles. The van der Waals surface area contributed by atoms with Crippen LogP contribution in [0.1, 0.15) is 38.5 Å². The van der Waals surface area contributed by atoms with Crippen LogP contribution in [0.5, 0.6) is 0 Å². The molecule has 4 aliphatic rings. The SMILES string of the molecule is Nc1cc(NC(=O)C23CC4CC(CC(C4)C2)C3)ccc1Br. The van der Waals surface area contributed by atoms with E-state index in [2.05, 4.69) is 21.2 Å². The van der Waals surface area contributed by atoms with Crippen LogP contribution >= 0.6 is 15.9 Å². The van der Waals surface area contributed by atoms with E-state index in [-0.39, 0.29) is 11.3 Å². The van der Waals surface area contributed by atoms with E-state index in [4.69, 9.17) is 5.73 Å². The molecule has 4 fully saturated rings. The largest absolute Gasteiger partial charge is 0.398 e. The molecule has 0 radical (unpaired) electrons. The fraction of sp³-hybridized carbons (Fsp3) is 0.588. The second-order valence-corrected chi connectivity index (χ2v) is 8.24. The highest BCUT2D eigenvalue weighted by Crippen LogP contribution is 2.60. The molecule has 4 aliphatic carbocycles. The van der Waals surface area contributed by atoms with Crippen LogP contribution in [-0.4, -0.2) is 5.91 Å². The fourth-order valence-corrected chi connectivity index (χ4v) is 5.52. The summed E-state index contributed by atoms with van der Waals surface area (Å²) in [6, 6.07) is 5.64. The maximum atomic E-state index is 12.9. The Labute approximate surface area is 133 Å². The first-order chi connectivity index (χ1) is 10.0. The number of amides is 1. The van der Waals surface area contributed by atoms with Crippen LogP contribution < -0.4 is 11.1 Å². The molecule has 0 heterocycles. The lowest BCUT2D eigenvalue weighted by Gasteiger charge is -2.55. The molecule has 3 nitrogen and oxygen atoms in total. The zero-order valence-electron chi connectivity index (χ0n) is 12.1. The Morgan fingerprint density at radius 3 is 2.24 bits per heavy atom. The van der Waals surface area contributed by atoms with Gasteiger partial charge in [-0.15, -0.1) is 0 Å². The van der Waals surface area contributed by atoms with Gasteiger partial charge in [0.15, 0.2) is 0 Å². The number of carbonyl (C=O) groups excluding carboxylic acids is 1. The number of anilines is 2. The highest BCUT2D eigenvalue weighted by Gasteiger charge is 2.54. The van der Waals surface area contributed by atoms with Crippen molar-refractivity contribution in [2.75, 3.05) is 11.1 Å². The third kappa shape index (κ3) is 2.28. The van der Waals surface area contributed by atoms with Crippen LogP contribution in [-0.2, 0) is 4.79 Å². The Bertz CT molecular complexity index is 563. The molecule has 1 aromatic rings. The Kier molecular flexibility index (Phi) is 3.07. The predicted molar refractivity (Wildman–Crippen MR) is 87.8 cm³/mol. The van der Waals surface area contributed by atoms with Crippen LogP contribution in [0.25, 0.3) is 0 Å². The van der Waals surface area contributed by atoms with Gasteiger partial charge in [0.25, 0.3) is 0 Å². The average molecular weight is 349 g/mol. The van der Waals surface area contributed by atoms with Gasteiger partial charge in [-0.3, -0.25) is 4.79 Å². The minimum atomic E-state index is -0.101. The molecule has 0 spiro atoms.